The molecular formula is C18H21ClFN5O. The van der Waals surface area contributed by atoms with Crippen LogP contribution in [0, 0.1) is 5.82 Å². The molecule has 0 bridgehead atoms. The number of halogens is 2. The number of hydrogen-bond donors (Lipinski definition) is 0. The summed E-state index contributed by atoms with van der Waals surface area (Å²) < 4.78 is 13.9. The second kappa shape index (κ2) is 8.42. The van der Waals surface area contributed by atoms with E-state index in [0.29, 0.717) is 23.1 Å². The fourth-order valence-electron chi connectivity index (χ4n) is 2.88. The van der Waals surface area contributed by atoms with Crippen LogP contribution in [0.15, 0.2) is 36.7 Å². The smallest absolute Gasteiger partial charge is 0.236 e. The van der Waals surface area contributed by atoms with E-state index in [9.17, 15) is 9.18 Å². The summed E-state index contributed by atoms with van der Waals surface area (Å²) in [4.78, 5) is 26.7. The van der Waals surface area contributed by atoms with Crippen molar-refractivity contribution in [2.75, 3.05) is 44.7 Å². The highest BCUT2D eigenvalue weighted by Gasteiger charge is 2.22. The van der Waals surface area contributed by atoms with E-state index in [-0.39, 0.29) is 12.5 Å². The number of likely N-dealkylation sites (N-methyl/N-ethyl adjacent to an activating group) is 1. The largest absolute Gasteiger partial charge is 0.340 e. The SMILES string of the molecule is CN(Cc1c(F)cccc1Cl)C(=O)CN1CCN(c2ncccn2)CC1. The predicted molar refractivity (Wildman–Crippen MR) is 98.6 cm³/mol. The first kappa shape index (κ1) is 18.5. The monoisotopic (exact) mass is 377 g/mol. The van der Waals surface area contributed by atoms with Gasteiger partial charge in [0.05, 0.1) is 6.54 Å². The van der Waals surface area contributed by atoms with E-state index in [0.717, 1.165) is 26.2 Å². The molecule has 2 aromatic rings. The normalized spacial score (nSPS) is 15.1. The third-order valence-electron chi connectivity index (χ3n) is 4.45. The molecule has 8 heteroatoms. The fourth-order valence-corrected chi connectivity index (χ4v) is 3.10. The van der Waals surface area contributed by atoms with Crippen molar-refractivity contribution >= 4 is 23.5 Å². The summed E-state index contributed by atoms with van der Waals surface area (Å²) in [6.45, 7) is 3.48. The molecule has 0 atom stereocenters. The minimum atomic E-state index is -0.395. The van der Waals surface area contributed by atoms with E-state index in [1.807, 2.05) is 0 Å². The van der Waals surface area contributed by atoms with Crippen molar-refractivity contribution in [3.63, 3.8) is 0 Å². The Morgan fingerprint density at radius 1 is 1.19 bits per heavy atom. The molecule has 6 nitrogen and oxygen atoms in total. The molecule has 3 rings (SSSR count). The molecule has 0 N–H and O–H groups in total. The van der Waals surface area contributed by atoms with Gasteiger partial charge in [-0.3, -0.25) is 9.69 Å². The van der Waals surface area contributed by atoms with Gasteiger partial charge < -0.3 is 9.80 Å². The maximum Gasteiger partial charge on any atom is 0.236 e. The van der Waals surface area contributed by atoms with Gasteiger partial charge in [0, 0.05) is 62.8 Å². The summed E-state index contributed by atoms with van der Waals surface area (Å²) in [5, 5.41) is 0.334. The topological polar surface area (TPSA) is 52.6 Å². The van der Waals surface area contributed by atoms with Crippen LogP contribution in [0.4, 0.5) is 10.3 Å². The van der Waals surface area contributed by atoms with Gasteiger partial charge >= 0.3 is 0 Å². The minimum Gasteiger partial charge on any atom is -0.340 e. The zero-order valence-corrected chi connectivity index (χ0v) is 15.4. The second-order valence-electron chi connectivity index (χ2n) is 6.26. The Balaban J connectivity index is 1.51. The van der Waals surface area contributed by atoms with Crippen molar-refractivity contribution in [3.8, 4) is 0 Å². The van der Waals surface area contributed by atoms with E-state index in [4.69, 9.17) is 11.6 Å². The standard InChI is InChI=1S/C18H21ClFN5O/c1-23(12-14-15(19)4-2-5-16(14)20)17(26)13-24-8-10-25(11-9-24)18-21-6-3-7-22-18/h2-7H,8-13H2,1H3. The van der Waals surface area contributed by atoms with Crippen LogP contribution in [0.3, 0.4) is 0 Å². The number of nitrogens with zero attached hydrogens (tertiary/aromatic N) is 5. The van der Waals surface area contributed by atoms with Crippen molar-refractivity contribution < 1.29 is 9.18 Å². The fraction of sp³-hybridized carbons (Fsp3) is 0.389. The van der Waals surface area contributed by atoms with Crippen LogP contribution in [0.1, 0.15) is 5.56 Å². The molecular weight excluding hydrogens is 357 g/mol. The maximum atomic E-state index is 13.9. The number of piperazine rings is 1. The number of hydrogen-bond acceptors (Lipinski definition) is 5. The van der Waals surface area contributed by atoms with E-state index >= 15 is 0 Å². The summed E-state index contributed by atoms with van der Waals surface area (Å²) in [5.41, 5.74) is 0.344. The minimum absolute atomic E-state index is 0.0614. The quantitative estimate of drug-likeness (QED) is 0.798. The van der Waals surface area contributed by atoms with Gasteiger partial charge in [0.2, 0.25) is 11.9 Å². The highest BCUT2D eigenvalue weighted by atomic mass is 35.5. The van der Waals surface area contributed by atoms with Crippen LogP contribution in [-0.4, -0.2) is 65.4 Å². The van der Waals surface area contributed by atoms with Gasteiger partial charge in [-0.25, -0.2) is 14.4 Å². The molecule has 0 spiro atoms. The van der Waals surface area contributed by atoms with Crippen molar-refractivity contribution in [2.45, 2.75) is 6.54 Å². The first-order valence-corrected chi connectivity index (χ1v) is 8.83. The van der Waals surface area contributed by atoms with Gasteiger partial charge in [-0.05, 0) is 18.2 Å². The molecule has 1 amide bonds. The van der Waals surface area contributed by atoms with Crippen LogP contribution in [0.2, 0.25) is 5.02 Å². The van der Waals surface area contributed by atoms with Crippen molar-refractivity contribution in [1.82, 2.24) is 19.8 Å². The van der Waals surface area contributed by atoms with Crippen LogP contribution in [-0.2, 0) is 11.3 Å². The molecule has 138 valence electrons. The average molecular weight is 378 g/mol. The van der Waals surface area contributed by atoms with Gasteiger partial charge in [-0.2, -0.15) is 0 Å². The van der Waals surface area contributed by atoms with Gasteiger partial charge in [0.15, 0.2) is 0 Å². The Hall–Kier alpha value is -2.25. The van der Waals surface area contributed by atoms with E-state index in [2.05, 4.69) is 19.8 Å². The molecule has 1 aromatic heterocycles. The predicted octanol–water partition coefficient (Wildman–Crippen LogP) is 2.05. The van der Waals surface area contributed by atoms with E-state index in [1.165, 1.54) is 11.0 Å². The molecule has 1 fully saturated rings. The Morgan fingerprint density at radius 3 is 2.54 bits per heavy atom. The number of anilines is 1. The molecule has 1 aliphatic rings. The van der Waals surface area contributed by atoms with Gasteiger partial charge in [-0.15, -0.1) is 0 Å². The summed E-state index contributed by atoms with van der Waals surface area (Å²) >= 11 is 6.04. The molecule has 0 unspecified atom stereocenters. The van der Waals surface area contributed by atoms with Crippen LogP contribution >= 0.6 is 11.6 Å². The zero-order valence-electron chi connectivity index (χ0n) is 14.6. The highest BCUT2D eigenvalue weighted by molar-refractivity contribution is 6.31. The highest BCUT2D eigenvalue weighted by Crippen LogP contribution is 2.20. The summed E-state index contributed by atoms with van der Waals surface area (Å²) in [5.74, 6) is 0.257. The van der Waals surface area contributed by atoms with E-state index in [1.54, 1.807) is 37.6 Å². The number of carbonyl (C=O) groups is 1. The molecule has 1 aromatic carbocycles. The van der Waals surface area contributed by atoms with Crippen molar-refractivity contribution in [2.24, 2.45) is 0 Å². The lowest BCUT2D eigenvalue weighted by Gasteiger charge is -2.34. The zero-order chi connectivity index (χ0) is 18.5. The number of benzene rings is 1. The van der Waals surface area contributed by atoms with Gasteiger partial charge in [0.25, 0.3) is 0 Å². The van der Waals surface area contributed by atoms with Crippen molar-refractivity contribution in [1.29, 1.82) is 0 Å². The molecule has 0 aliphatic carbocycles. The summed E-state index contributed by atoms with van der Waals surface area (Å²) in [7, 11) is 1.67. The molecule has 1 aliphatic heterocycles. The average Bonchev–Trinajstić information content (AvgIpc) is 2.66. The molecule has 1 saturated heterocycles. The number of rotatable bonds is 5. The Morgan fingerprint density at radius 2 is 1.88 bits per heavy atom. The van der Waals surface area contributed by atoms with Gasteiger partial charge in [0.1, 0.15) is 5.82 Å². The van der Waals surface area contributed by atoms with Gasteiger partial charge in [-0.1, -0.05) is 17.7 Å². The number of aromatic nitrogens is 2. The Labute approximate surface area is 157 Å². The number of carbonyl (C=O) groups excluding carboxylic acids is 1. The lowest BCUT2D eigenvalue weighted by molar-refractivity contribution is -0.131. The molecule has 0 radical (unpaired) electrons. The maximum absolute atomic E-state index is 13.9. The summed E-state index contributed by atoms with van der Waals surface area (Å²) in [6, 6.07) is 6.32. The third kappa shape index (κ3) is 4.47. The number of amides is 1. The van der Waals surface area contributed by atoms with Crippen molar-refractivity contribution in [3.05, 3.63) is 53.1 Å². The van der Waals surface area contributed by atoms with E-state index < -0.39 is 5.82 Å². The van der Waals surface area contributed by atoms with Crippen LogP contribution in [0.25, 0.3) is 0 Å². The van der Waals surface area contributed by atoms with Crippen LogP contribution in [0.5, 0.6) is 0 Å². The summed E-state index contributed by atoms with van der Waals surface area (Å²) in [6.07, 6.45) is 3.45. The Bertz CT molecular complexity index is 732. The Kier molecular flexibility index (Phi) is 6.00. The first-order valence-electron chi connectivity index (χ1n) is 8.46. The molecule has 2 heterocycles. The lowest BCUT2D eigenvalue weighted by Crippen LogP contribution is -2.50. The second-order valence-corrected chi connectivity index (χ2v) is 6.67. The lowest BCUT2D eigenvalue weighted by atomic mass is 10.2. The van der Waals surface area contributed by atoms with Crippen LogP contribution < -0.4 is 4.90 Å². The first-order chi connectivity index (χ1) is 12.5. The molecule has 0 saturated carbocycles. The third-order valence-corrected chi connectivity index (χ3v) is 4.80. The molecule has 26 heavy (non-hydrogen) atoms.